The third-order valence-corrected chi connectivity index (χ3v) is 25.4. The monoisotopic (exact) mass is 1210 g/mol. The van der Waals surface area contributed by atoms with E-state index in [9.17, 15) is 0 Å². The fourth-order valence-electron chi connectivity index (χ4n) is 20.2. The van der Waals surface area contributed by atoms with Crippen molar-refractivity contribution in [3.8, 4) is 44.5 Å². The van der Waals surface area contributed by atoms with E-state index in [-0.39, 0.29) is 50.3 Å². The highest BCUT2D eigenvalue weighted by Crippen LogP contribution is 2.65. The van der Waals surface area contributed by atoms with Crippen LogP contribution in [0.15, 0.2) is 206 Å². The molecule has 92 heavy (non-hydrogen) atoms. The third-order valence-electron chi connectivity index (χ3n) is 25.4. The second kappa shape index (κ2) is 19.6. The molecule has 6 aliphatic rings. The highest BCUT2D eigenvalue weighted by molar-refractivity contribution is 6.32. The van der Waals surface area contributed by atoms with Crippen molar-refractivity contribution < 1.29 is 13.2 Å². The highest BCUT2D eigenvalue weighted by atomic mass is 19.1. The fourth-order valence-corrected chi connectivity index (χ4v) is 20.2. The first-order chi connectivity index (χ1) is 44.5. The average molecular weight is 1210 g/mol. The van der Waals surface area contributed by atoms with Gasteiger partial charge in [-0.3, -0.25) is 0 Å². The van der Waals surface area contributed by atoms with Gasteiger partial charge >= 0.3 is 0 Å². The molecule has 0 saturated heterocycles. The molecular formula is C86H76F3N3. The molecule has 3 aliphatic carbocycles. The summed E-state index contributed by atoms with van der Waals surface area (Å²) in [6, 6.07) is 73.6. The van der Waals surface area contributed by atoms with E-state index in [2.05, 4.69) is 208 Å². The maximum absolute atomic E-state index is 15.4. The number of fused-ring (bicyclic) bond motifs is 10. The molecule has 6 atom stereocenters. The Balaban J connectivity index is 0.929. The van der Waals surface area contributed by atoms with Crippen LogP contribution in [-0.2, 0) is 16.2 Å². The minimum Gasteiger partial charge on any atom is -0.334 e. The van der Waals surface area contributed by atoms with E-state index in [1.165, 1.54) is 110 Å². The smallest absolute Gasteiger partial charge is 0.125 e. The van der Waals surface area contributed by atoms with E-state index >= 15 is 13.2 Å². The van der Waals surface area contributed by atoms with Crippen molar-refractivity contribution >= 4 is 77.2 Å². The van der Waals surface area contributed by atoms with Crippen LogP contribution in [0.25, 0.3) is 87.6 Å². The lowest BCUT2D eigenvalue weighted by Crippen LogP contribution is -2.54. The average Bonchev–Trinajstić information content (AvgIpc) is 1.40. The Labute approximate surface area is 538 Å². The molecule has 0 radical (unpaired) electrons. The molecule has 6 unspecified atom stereocenters. The Bertz CT molecular complexity index is 4950. The molecule has 0 amide bonds. The van der Waals surface area contributed by atoms with E-state index in [0.29, 0.717) is 0 Å². The molecule has 3 nitrogen and oxygen atoms in total. The Morgan fingerprint density at radius 2 is 0.620 bits per heavy atom. The van der Waals surface area contributed by atoms with E-state index in [4.69, 9.17) is 0 Å². The SMILES string of the molecule is CC12CCCCC1(C)N(c1cccc(F)c1)c1ccc(-c3cc(-c4ccc5c(c4)C4(C)CCCCC4(C)N5c4cccc(F)c4)c4ccc5c(-c6cccc7ccccc67)cc(-c6ccc7c(c6)C6(C)CCCCC6(C)N7c6cccc(F)c6)c6ccc3c4c65)cc12. The van der Waals surface area contributed by atoms with Crippen LogP contribution in [0.5, 0.6) is 0 Å². The van der Waals surface area contributed by atoms with Gasteiger partial charge in [0.05, 0.1) is 16.6 Å². The summed E-state index contributed by atoms with van der Waals surface area (Å²) in [6.07, 6.45) is 12.9. The minimum atomic E-state index is -0.266. The van der Waals surface area contributed by atoms with Gasteiger partial charge in [0.25, 0.3) is 0 Å². The number of nitrogens with zero attached hydrogens (tertiary/aromatic N) is 3. The Kier molecular flexibility index (Phi) is 11.9. The summed E-state index contributed by atoms with van der Waals surface area (Å²) < 4.78 is 46.2. The van der Waals surface area contributed by atoms with Crippen LogP contribution in [0.2, 0.25) is 0 Å². The van der Waals surface area contributed by atoms with Crippen LogP contribution in [0, 0.1) is 17.5 Å². The Morgan fingerprint density at radius 3 is 1.01 bits per heavy atom. The Morgan fingerprint density at radius 1 is 0.283 bits per heavy atom. The maximum Gasteiger partial charge on any atom is 0.125 e. The van der Waals surface area contributed by atoms with Gasteiger partial charge in [-0.1, -0.05) is 162 Å². The zero-order valence-electron chi connectivity index (χ0n) is 53.6. The summed E-state index contributed by atoms with van der Waals surface area (Å²) in [5.41, 5.74) is 18.2. The second-order valence-corrected chi connectivity index (χ2v) is 29.6. The van der Waals surface area contributed by atoms with Crippen molar-refractivity contribution in [1.82, 2.24) is 0 Å². The van der Waals surface area contributed by atoms with Gasteiger partial charge in [0.2, 0.25) is 0 Å². The maximum atomic E-state index is 15.4. The van der Waals surface area contributed by atoms with Gasteiger partial charge in [-0.15, -0.1) is 0 Å². The van der Waals surface area contributed by atoms with Crippen LogP contribution in [0.1, 0.15) is 135 Å². The van der Waals surface area contributed by atoms with Crippen molar-refractivity contribution in [2.45, 2.75) is 151 Å². The van der Waals surface area contributed by atoms with Gasteiger partial charge in [-0.25, -0.2) is 13.2 Å². The lowest BCUT2D eigenvalue weighted by Gasteiger charge is -2.50. The van der Waals surface area contributed by atoms with Crippen LogP contribution >= 0.6 is 0 Å². The molecule has 0 aromatic heterocycles. The van der Waals surface area contributed by atoms with Crippen LogP contribution in [-0.4, -0.2) is 16.6 Å². The summed E-state index contributed by atoms with van der Waals surface area (Å²) in [7, 11) is 0. The van der Waals surface area contributed by atoms with Crippen molar-refractivity contribution in [3.05, 3.63) is 240 Å². The quantitative estimate of drug-likeness (QED) is 0.147. The van der Waals surface area contributed by atoms with Gasteiger partial charge in [-0.2, -0.15) is 0 Å². The zero-order chi connectivity index (χ0) is 62.4. The molecule has 12 aromatic rings. The fraction of sp³-hybridized carbons (Fsp3) is 0.279. The first-order valence-corrected chi connectivity index (χ1v) is 33.9. The van der Waals surface area contributed by atoms with Crippen LogP contribution in [0.4, 0.5) is 47.3 Å². The number of benzene rings is 12. The van der Waals surface area contributed by atoms with Gasteiger partial charge < -0.3 is 14.7 Å². The molecule has 12 aromatic carbocycles. The summed E-state index contributed by atoms with van der Waals surface area (Å²) in [5, 5.41) is 9.72. The van der Waals surface area contributed by atoms with E-state index in [0.717, 1.165) is 105 Å². The van der Waals surface area contributed by atoms with E-state index < -0.39 is 0 Å². The highest BCUT2D eigenvalue weighted by Gasteiger charge is 2.60. The number of rotatable bonds is 7. The lowest BCUT2D eigenvalue weighted by molar-refractivity contribution is 0.195. The van der Waals surface area contributed by atoms with Gasteiger partial charge in [0.15, 0.2) is 0 Å². The first-order valence-electron chi connectivity index (χ1n) is 33.9. The number of hydrogen-bond donors (Lipinski definition) is 0. The van der Waals surface area contributed by atoms with Crippen molar-refractivity contribution in [2.75, 3.05) is 14.7 Å². The van der Waals surface area contributed by atoms with E-state index in [1.54, 1.807) is 36.4 Å². The topological polar surface area (TPSA) is 9.72 Å². The molecule has 3 fully saturated rings. The van der Waals surface area contributed by atoms with E-state index in [1.807, 2.05) is 18.2 Å². The molecule has 3 aliphatic heterocycles. The standard InChI is InChI=1S/C86H76F3N3/c1-81-39-9-12-42-84(81,4)90(60-24-16-21-57(87)48-60)76-36-29-54(45-73(76)81)69-51-70(55-30-37-77-74(46-55)82(2)40-10-13-43-85(82,5)91(77)61-25-17-22-58(88)49-61)66-34-35-68-72(64-28-15-20-53-19-7-8-27-63(53)64)52-71(67-33-32-65(69)79(66)80(67)68)56-31-38-78-75(47-56)83(3)41-11-14-44-86(83,6)92(78)62-26-18-23-59(89)50-62/h7-8,15-38,45-52H,9-14,39-44H2,1-6H3. The predicted octanol–water partition coefficient (Wildman–Crippen LogP) is 24.0. The molecule has 0 N–H and O–H groups in total. The van der Waals surface area contributed by atoms with Gasteiger partial charge in [0, 0.05) is 50.4 Å². The largest absolute Gasteiger partial charge is 0.334 e. The van der Waals surface area contributed by atoms with Gasteiger partial charge in [-0.05, 0) is 267 Å². The van der Waals surface area contributed by atoms with Crippen LogP contribution in [0.3, 0.4) is 0 Å². The lowest BCUT2D eigenvalue weighted by atomic mass is 9.61. The summed E-state index contributed by atoms with van der Waals surface area (Å²) in [5.74, 6) is -0.658. The van der Waals surface area contributed by atoms with Crippen molar-refractivity contribution in [1.29, 1.82) is 0 Å². The molecule has 0 bridgehead atoms. The van der Waals surface area contributed by atoms with Crippen LogP contribution < -0.4 is 14.7 Å². The molecule has 0 spiro atoms. The molecular weight excluding hydrogens is 1130 g/mol. The van der Waals surface area contributed by atoms with Gasteiger partial charge in [0.1, 0.15) is 17.5 Å². The number of hydrogen-bond acceptors (Lipinski definition) is 3. The predicted molar refractivity (Wildman–Crippen MR) is 378 cm³/mol. The number of anilines is 6. The second-order valence-electron chi connectivity index (χ2n) is 29.6. The normalized spacial score (nSPS) is 25.6. The molecule has 3 heterocycles. The molecule has 456 valence electrons. The van der Waals surface area contributed by atoms with Crippen molar-refractivity contribution in [3.63, 3.8) is 0 Å². The molecule has 6 heteroatoms. The molecule has 18 rings (SSSR count). The summed E-state index contributed by atoms with van der Waals surface area (Å²) >= 11 is 0. The summed E-state index contributed by atoms with van der Waals surface area (Å²) in [4.78, 5) is 7.43. The van der Waals surface area contributed by atoms with Crippen molar-refractivity contribution in [2.24, 2.45) is 0 Å². The Hall–Kier alpha value is -8.87. The number of halogens is 3. The first kappa shape index (κ1) is 55.9. The summed E-state index contributed by atoms with van der Waals surface area (Å²) in [6.45, 7) is 14.7. The molecule has 3 saturated carbocycles. The third kappa shape index (κ3) is 7.41. The zero-order valence-corrected chi connectivity index (χ0v) is 53.6. The minimum absolute atomic E-state index is 0.193.